The van der Waals surface area contributed by atoms with Crippen LogP contribution in [0, 0.1) is 5.92 Å². The average Bonchev–Trinajstić information content (AvgIpc) is 2.41. The first-order valence-electron chi connectivity index (χ1n) is 7.03. The topological polar surface area (TPSA) is 29.1 Å². The van der Waals surface area contributed by atoms with Crippen molar-refractivity contribution in [2.24, 2.45) is 5.92 Å². The predicted octanol–water partition coefficient (Wildman–Crippen LogP) is 5.27. The lowest BCUT2D eigenvalue weighted by molar-refractivity contribution is -0.137. The van der Waals surface area contributed by atoms with Gasteiger partial charge >= 0.3 is 6.18 Å². The Balaban J connectivity index is 2.00. The van der Waals surface area contributed by atoms with E-state index in [4.69, 9.17) is 11.6 Å². The molecule has 1 fully saturated rings. The Bertz CT molecular complexity index is 510. The first-order valence-corrected chi connectivity index (χ1v) is 7.40. The fraction of sp³-hybridized carbons (Fsp3) is 0.533. The minimum atomic E-state index is -4.53. The summed E-state index contributed by atoms with van der Waals surface area (Å²) in [5.74, 6) is 0.102. The molecule has 6 heteroatoms. The highest BCUT2D eigenvalue weighted by Gasteiger charge is 2.33. The summed E-state index contributed by atoms with van der Waals surface area (Å²) in [4.78, 5) is 11.9. The van der Waals surface area contributed by atoms with Gasteiger partial charge in [-0.1, -0.05) is 30.9 Å². The van der Waals surface area contributed by atoms with Crippen molar-refractivity contribution in [1.29, 1.82) is 0 Å². The molecule has 1 aromatic rings. The molecule has 2 rings (SSSR count). The Morgan fingerprint density at radius 3 is 2.52 bits per heavy atom. The molecule has 1 amide bonds. The maximum atomic E-state index is 12.7. The van der Waals surface area contributed by atoms with Crippen LogP contribution in [-0.4, -0.2) is 5.91 Å². The van der Waals surface area contributed by atoms with E-state index >= 15 is 0 Å². The van der Waals surface area contributed by atoms with Crippen molar-refractivity contribution in [3.63, 3.8) is 0 Å². The van der Waals surface area contributed by atoms with Crippen molar-refractivity contribution in [3.05, 3.63) is 28.8 Å². The molecule has 0 radical (unpaired) electrons. The monoisotopic (exact) mass is 319 g/mol. The van der Waals surface area contributed by atoms with Crippen LogP contribution < -0.4 is 5.32 Å². The van der Waals surface area contributed by atoms with Gasteiger partial charge in [0, 0.05) is 12.1 Å². The number of amides is 1. The maximum Gasteiger partial charge on any atom is 0.417 e. The lowest BCUT2D eigenvalue weighted by Gasteiger charge is -2.21. The van der Waals surface area contributed by atoms with Crippen LogP contribution in [0.5, 0.6) is 0 Å². The Kier molecular flexibility index (Phi) is 5.14. The number of hydrogen-bond donors (Lipinski definition) is 1. The fourth-order valence-corrected chi connectivity index (χ4v) is 2.91. The van der Waals surface area contributed by atoms with Gasteiger partial charge in [-0.05, 0) is 37.0 Å². The molecule has 1 N–H and O–H groups in total. The number of nitrogens with one attached hydrogen (secondary N) is 1. The van der Waals surface area contributed by atoms with E-state index in [-0.39, 0.29) is 16.6 Å². The molecule has 1 aromatic carbocycles. The molecular formula is C15H17ClF3NO. The van der Waals surface area contributed by atoms with Crippen LogP contribution in [-0.2, 0) is 11.0 Å². The molecule has 21 heavy (non-hydrogen) atoms. The number of rotatable bonds is 3. The molecule has 116 valence electrons. The summed E-state index contributed by atoms with van der Waals surface area (Å²) in [7, 11) is 0. The molecular weight excluding hydrogens is 303 g/mol. The second-order valence-corrected chi connectivity index (χ2v) is 5.86. The average molecular weight is 320 g/mol. The van der Waals surface area contributed by atoms with E-state index in [2.05, 4.69) is 5.32 Å². The molecule has 0 heterocycles. The molecule has 0 aliphatic heterocycles. The number of hydrogen-bond acceptors (Lipinski definition) is 1. The molecule has 1 aliphatic rings. The van der Waals surface area contributed by atoms with Gasteiger partial charge in [0.05, 0.1) is 10.6 Å². The zero-order valence-electron chi connectivity index (χ0n) is 11.5. The highest BCUT2D eigenvalue weighted by Crippen LogP contribution is 2.36. The van der Waals surface area contributed by atoms with Crippen LogP contribution in [0.3, 0.4) is 0 Å². The highest BCUT2D eigenvalue weighted by molar-refractivity contribution is 6.31. The van der Waals surface area contributed by atoms with Crippen molar-refractivity contribution in [1.82, 2.24) is 0 Å². The zero-order chi connectivity index (χ0) is 15.5. The van der Waals surface area contributed by atoms with Crippen LogP contribution in [0.25, 0.3) is 0 Å². The third-order valence-electron chi connectivity index (χ3n) is 3.75. The van der Waals surface area contributed by atoms with Gasteiger partial charge in [-0.3, -0.25) is 4.79 Å². The van der Waals surface area contributed by atoms with Gasteiger partial charge < -0.3 is 5.32 Å². The third-order valence-corrected chi connectivity index (χ3v) is 4.08. The Morgan fingerprint density at radius 2 is 1.90 bits per heavy atom. The second kappa shape index (κ2) is 6.69. The van der Waals surface area contributed by atoms with E-state index in [0.717, 1.165) is 37.8 Å². The van der Waals surface area contributed by atoms with Crippen LogP contribution in [0.4, 0.5) is 18.9 Å². The summed E-state index contributed by atoms with van der Waals surface area (Å²) in [6, 6.07) is 3.41. The van der Waals surface area contributed by atoms with Crippen LogP contribution in [0.2, 0.25) is 5.02 Å². The van der Waals surface area contributed by atoms with E-state index in [1.165, 1.54) is 12.5 Å². The van der Waals surface area contributed by atoms with E-state index in [1.807, 2.05) is 0 Å². The van der Waals surface area contributed by atoms with Crippen molar-refractivity contribution in [2.75, 3.05) is 5.32 Å². The number of alkyl halides is 3. The normalized spacial score (nSPS) is 16.8. The van der Waals surface area contributed by atoms with E-state index in [9.17, 15) is 18.0 Å². The zero-order valence-corrected chi connectivity index (χ0v) is 12.2. The van der Waals surface area contributed by atoms with Gasteiger partial charge in [0.25, 0.3) is 0 Å². The Hall–Kier alpha value is -1.23. The second-order valence-electron chi connectivity index (χ2n) is 5.45. The Labute approximate surface area is 126 Å². The van der Waals surface area contributed by atoms with Gasteiger partial charge in [-0.25, -0.2) is 0 Å². The molecule has 0 spiro atoms. The number of carbonyl (C=O) groups excluding carboxylic acids is 1. The van der Waals surface area contributed by atoms with Crippen molar-refractivity contribution in [2.45, 2.75) is 44.7 Å². The summed E-state index contributed by atoms with van der Waals surface area (Å²) in [6.45, 7) is 0. The van der Waals surface area contributed by atoms with Gasteiger partial charge in [0.2, 0.25) is 5.91 Å². The molecule has 0 unspecified atom stereocenters. The minimum absolute atomic E-state index is 0.132. The smallest absolute Gasteiger partial charge is 0.326 e. The SMILES string of the molecule is O=C(CC1CCCCC1)Nc1ccc(Cl)c(C(F)(F)F)c1. The Morgan fingerprint density at radius 1 is 1.24 bits per heavy atom. The number of benzene rings is 1. The number of halogens is 4. The summed E-state index contributed by atoms with van der Waals surface area (Å²) >= 11 is 5.54. The van der Waals surface area contributed by atoms with E-state index in [0.29, 0.717) is 12.3 Å². The highest BCUT2D eigenvalue weighted by atomic mass is 35.5. The largest absolute Gasteiger partial charge is 0.417 e. The lowest BCUT2D eigenvalue weighted by atomic mass is 9.87. The van der Waals surface area contributed by atoms with Gasteiger partial charge in [0.1, 0.15) is 0 Å². The maximum absolute atomic E-state index is 12.7. The molecule has 0 aromatic heterocycles. The van der Waals surface area contributed by atoms with Crippen molar-refractivity contribution >= 4 is 23.2 Å². The predicted molar refractivity (Wildman–Crippen MR) is 76.3 cm³/mol. The summed E-state index contributed by atoms with van der Waals surface area (Å²) < 4.78 is 38.2. The molecule has 0 atom stereocenters. The van der Waals surface area contributed by atoms with E-state index in [1.54, 1.807) is 0 Å². The quantitative estimate of drug-likeness (QED) is 0.808. The van der Waals surface area contributed by atoms with Crippen molar-refractivity contribution < 1.29 is 18.0 Å². The lowest BCUT2D eigenvalue weighted by Crippen LogP contribution is -2.18. The third kappa shape index (κ3) is 4.63. The standard InChI is InChI=1S/C15H17ClF3NO/c16-13-7-6-11(9-12(13)15(17,18)19)20-14(21)8-10-4-2-1-3-5-10/h6-7,9-10H,1-5,8H2,(H,20,21). The first-order chi connectivity index (χ1) is 9.86. The van der Waals surface area contributed by atoms with Crippen molar-refractivity contribution in [3.8, 4) is 0 Å². The molecule has 1 aliphatic carbocycles. The summed E-state index contributed by atoms with van der Waals surface area (Å²) in [5, 5.41) is 2.16. The van der Waals surface area contributed by atoms with Crippen LogP contribution in [0.1, 0.15) is 44.1 Å². The molecule has 0 saturated heterocycles. The minimum Gasteiger partial charge on any atom is -0.326 e. The van der Waals surface area contributed by atoms with Gasteiger partial charge in [-0.15, -0.1) is 0 Å². The molecule has 0 bridgehead atoms. The van der Waals surface area contributed by atoms with Crippen LogP contribution >= 0.6 is 11.6 Å². The first kappa shape index (κ1) is 16.1. The van der Waals surface area contributed by atoms with Gasteiger partial charge in [-0.2, -0.15) is 13.2 Å². The molecule has 1 saturated carbocycles. The van der Waals surface area contributed by atoms with Gasteiger partial charge in [0.15, 0.2) is 0 Å². The number of carbonyl (C=O) groups is 1. The number of anilines is 1. The summed E-state index contributed by atoms with van der Waals surface area (Å²) in [5.41, 5.74) is -0.799. The van der Waals surface area contributed by atoms with Crippen LogP contribution in [0.15, 0.2) is 18.2 Å². The fourth-order valence-electron chi connectivity index (χ4n) is 2.69. The summed E-state index contributed by atoms with van der Waals surface area (Å²) in [6.07, 6.45) is 1.31. The van der Waals surface area contributed by atoms with E-state index < -0.39 is 11.7 Å². The molecule has 2 nitrogen and oxygen atoms in total.